The van der Waals surface area contributed by atoms with Crippen molar-refractivity contribution in [3.05, 3.63) is 59.7 Å². The first-order valence-corrected chi connectivity index (χ1v) is 7.74. The van der Waals surface area contributed by atoms with Gasteiger partial charge in [-0.3, -0.25) is 9.59 Å². The maximum atomic E-state index is 12.1. The van der Waals surface area contributed by atoms with Crippen molar-refractivity contribution in [2.24, 2.45) is 0 Å². The molecule has 0 aliphatic heterocycles. The zero-order valence-electron chi connectivity index (χ0n) is 14.2. The topological polar surface area (TPSA) is 58.6 Å². The molecule has 0 fully saturated rings. The van der Waals surface area contributed by atoms with E-state index in [-0.39, 0.29) is 25.0 Å². The maximum absolute atomic E-state index is 12.1. The Labute approximate surface area is 142 Å². The van der Waals surface area contributed by atoms with Crippen LogP contribution in [0, 0.1) is 13.8 Å². The number of rotatable bonds is 6. The second kappa shape index (κ2) is 8.15. The van der Waals surface area contributed by atoms with Crippen molar-refractivity contribution in [3.63, 3.8) is 0 Å². The van der Waals surface area contributed by atoms with Crippen LogP contribution in [0.2, 0.25) is 0 Å². The molecule has 0 unspecified atom stereocenters. The van der Waals surface area contributed by atoms with Gasteiger partial charge in [0.25, 0.3) is 5.91 Å². The summed E-state index contributed by atoms with van der Waals surface area (Å²) in [7, 11) is 1.58. The van der Waals surface area contributed by atoms with E-state index in [9.17, 15) is 9.59 Å². The van der Waals surface area contributed by atoms with Crippen molar-refractivity contribution in [2.75, 3.05) is 25.5 Å². The Kier molecular flexibility index (Phi) is 5.95. The number of carbonyl (C=O) groups is 2. The van der Waals surface area contributed by atoms with Gasteiger partial charge in [0.15, 0.2) is 6.61 Å². The van der Waals surface area contributed by atoms with Gasteiger partial charge in [-0.2, -0.15) is 0 Å². The third kappa shape index (κ3) is 5.12. The monoisotopic (exact) mass is 326 g/mol. The average molecular weight is 326 g/mol. The van der Waals surface area contributed by atoms with Gasteiger partial charge >= 0.3 is 0 Å². The summed E-state index contributed by atoms with van der Waals surface area (Å²) in [5.74, 6) is 0.133. The van der Waals surface area contributed by atoms with E-state index in [1.165, 1.54) is 4.90 Å². The standard InChI is InChI=1S/C19H22N2O3/c1-14-9-10-15(2)17(11-14)20-18(22)12-21(3)19(23)13-24-16-7-5-4-6-8-16/h4-11H,12-13H2,1-3H3,(H,20,22). The highest BCUT2D eigenvalue weighted by Gasteiger charge is 2.14. The molecule has 0 bridgehead atoms. The summed E-state index contributed by atoms with van der Waals surface area (Å²) in [5, 5.41) is 2.84. The lowest BCUT2D eigenvalue weighted by molar-refractivity contribution is -0.135. The molecule has 0 aromatic heterocycles. The summed E-state index contributed by atoms with van der Waals surface area (Å²) in [4.78, 5) is 25.5. The van der Waals surface area contributed by atoms with Crippen LogP contribution >= 0.6 is 0 Å². The van der Waals surface area contributed by atoms with Gasteiger partial charge in [-0.1, -0.05) is 30.3 Å². The molecular weight excluding hydrogens is 304 g/mol. The van der Waals surface area contributed by atoms with Crippen LogP contribution in [0.1, 0.15) is 11.1 Å². The first kappa shape index (κ1) is 17.5. The van der Waals surface area contributed by atoms with E-state index in [0.29, 0.717) is 5.75 Å². The third-order valence-electron chi connectivity index (χ3n) is 3.58. The minimum Gasteiger partial charge on any atom is -0.484 e. The largest absolute Gasteiger partial charge is 0.484 e. The predicted molar refractivity (Wildman–Crippen MR) is 94.1 cm³/mol. The molecule has 24 heavy (non-hydrogen) atoms. The number of para-hydroxylation sites is 1. The summed E-state index contributed by atoms with van der Waals surface area (Å²) in [6, 6.07) is 14.9. The number of carbonyl (C=O) groups excluding carboxylic acids is 2. The normalized spacial score (nSPS) is 10.1. The highest BCUT2D eigenvalue weighted by atomic mass is 16.5. The Hall–Kier alpha value is -2.82. The van der Waals surface area contributed by atoms with Crippen molar-refractivity contribution >= 4 is 17.5 Å². The van der Waals surface area contributed by atoms with Crippen LogP contribution in [0.5, 0.6) is 5.75 Å². The highest BCUT2D eigenvalue weighted by Crippen LogP contribution is 2.16. The zero-order valence-corrected chi connectivity index (χ0v) is 14.2. The molecule has 0 saturated carbocycles. The number of ether oxygens (including phenoxy) is 1. The number of nitrogens with one attached hydrogen (secondary N) is 1. The molecule has 0 atom stereocenters. The van der Waals surface area contributed by atoms with Crippen LogP contribution < -0.4 is 10.1 Å². The van der Waals surface area contributed by atoms with Crippen LogP contribution in [0.3, 0.4) is 0 Å². The lowest BCUT2D eigenvalue weighted by atomic mass is 10.1. The van der Waals surface area contributed by atoms with Crippen molar-refractivity contribution < 1.29 is 14.3 Å². The summed E-state index contributed by atoms with van der Waals surface area (Å²) >= 11 is 0. The fourth-order valence-corrected chi connectivity index (χ4v) is 2.14. The van der Waals surface area contributed by atoms with E-state index in [1.54, 1.807) is 19.2 Å². The van der Waals surface area contributed by atoms with E-state index in [0.717, 1.165) is 16.8 Å². The number of anilines is 1. The number of benzene rings is 2. The van der Waals surface area contributed by atoms with Gasteiger partial charge in [-0.25, -0.2) is 0 Å². The quantitative estimate of drug-likeness (QED) is 0.888. The highest BCUT2D eigenvalue weighted by molar-refractivity contribution is 5.95. The molecule has 0 aliphatic carbocycles. The molecule has 2 rings (SSSR count). The Bertz CT molecular complexity index is 714. The van der Waals surface area contributed by atoms with E-state index in [1.807, 2.05) is 50.2 Å². The number of aryl methyl sites for hydroxylation is 2. The molecule has 5 nitrogen and oxygen atoms in total. The molecule has 126 valence electrons. The van der Waals surface area contributed by atoms with E-state index >= 15 is 0 Å². The lowest BCUT2D eigenvalue weighted by Crippen LogP contribution is -2.37. The molecule has 0 radical (unpaired) electrons. The van der Waals surface area contributed by atoms with E-state index < -0.39 is 0 Å². The smallest absolute Gasteiger partial charge is 0.260 e. The SMILES string of the molecule is Cc1ccc(C)c(NC(=O)CN(C)C(=O)COc2ccccc2)c1. The number of nitrogens with zero attached hydrogens (tertiary/aromatic N) is 1. The Morgan fingerprint density at radius 2 is 1.79 bits per heavy atom. The summed E-state index contributed by atoms with van der Waals surface area (Å²) in [6.45, 7) is 3.77. The fraction of sp³-hybridized carbons (Fsp3) is 0.263. The van der Waals surface area contributed by atoms with Gasteiger partial charge < -0.3 is 15.0 Å². The minimum absolute atomic E-state index is 0.0234. The number of amides is 2. The van der Waals surface area contributed by atoms with Crippen LogP contribution in [0.25, 0.3) is 0 Å². The number of hydrogen-bond donors (Lipinski definition) is 1. The van der Waals surface area contributed by atoms with Gasteiger partial charge in [0, 0.05) is 12.7 Å². The van der Waals surface area contributed by atoms with Gasteiger partial charge in [0.05, 0.1) is 6.54 Å². The summed E-state index contributed by atoms with van der Waals surface area (Å²) in [5.41, 5.74) is 2.81. The lowest BCUT2D eigenvalue weighted by Gasteiger charge is -2.18. The average Bonchev–Trinajstić information content (AvgIpc) is 2.56. The van der Waals surface area contributed by atoms with E-state index in [4.69, 9.17) is 4.74 Å². The zero-order chi connectivity index (χ0) is 17.5. The van der Waals surface area contributed by atoms with Crippen LogP contribution in [0.4, 0.5) is 5.69 Å². The molecule has 5 heteroatoms. The first-order valence-electron chi connectivity index (χ1n) is 7.74. The number of likely N-dealkylation sites (N-methyl/N-ethyl adjacent to an activating group) is 1. The van der Waals surface area contributed by atoms with Crippen LogP contribution in [-0.2, 0) is 9.59 Å². The molecular formula is C19H22N2O3. The van der Waals surface area contributed by atoms with Crippen LogP contribution in [0.15, 0.2) is 48.5 Å². The minimum atomic E-state index is -0.255. The molecule has 2 amide bonds. The Balaban J connectivity index is 1.84. The number of hydrogen-bond acceptors (Lipinski definition) is 3. The first-order chi connectivity index (χ1) is 11.5. The second-order valence-corrected chi connectivity index (χ2v) is 5.72. The van der Waals surface area contributed by atoms with Crippen molar-refractivity contribution in [1.29, 1.82) is 0 Å². The van der Waals surface area contributed by atoms with Gasteiger partial charge in [-0.15, -0.1) is 0 Å². The summed E-state index contributed by atoms with van der Waals surface area (Å²) in [6.07, 6.45) is 0. The van der Waals surface area contributed by atoms with Crippen molar-refractivity contribution in [3.8, 4) is 5.75 Å². The molecule has 0 aliphatic rings. The molecule has 1 N–H and O–H groups in total. The molecule has 0 heterocycles. The summed E-state index contributed by atoms with van der Waals surface area (Å²) < 4.78 is 5.40. The van der Waals surface area contributed by atoms with Gasteiger partial charge in [0.2, 0.25) is 5.91 Å². The Morgan fingerprint density at radius 3 is 2.50 bits per heavy atom. The van der Waals surface area contributed by atoms with Crippen molar-refractivity contribution in [2.45, 2.75) is 13.8 Å². The predicted octanol–water partition coefficient (Wildman–Crippen LogP) is 2.78. The van der Waals surface area contributed by atoms with Gasteiger partial charge in [0.1, 0.15) is 5.75 Å². The molecule has 0 spiro atoms. The Morgan fingerprint density at radius 1 is 1.08 bits per heavy atom. The van der Waals surface area contributed by atoms with Crippen LogP contribution in [-0.4, -0.2) is 36.9 Å². The molecule has 0 saturated heterocycles. The maximum Gasteiger partial charge on any atom is 0.260 e. The molecule has 2 aromatic carbocycles. The van der Waals surface area contributed by atoms with Gasteiger partial charge in [-0.05, 0) is 43.2 Å². The fourth-order valence-electron chi connectivity index (χ4n) is 2.14. The van der Waals surface area contributed by atoms with Crippen molar-refractivity contribution in [1.82, 2.24) is 4.90 Å². The van der Waals surface area contributed by atoms with E-state index in [2.05, 4.69) is 5.32 Å². The second-order valence-electron chi connectivity index (χ2n) is 5.72. The third-order valence-corrected chi connectivity index (χ3v) is 3.58. The molecule has 2 aromatic rings.